The van der Waals surface area contributed by atoms with Gasteiger partial charge in [-0.05, 0) is 24.1 Å². The van der Waals surface area contributed by atoms with Gasteiger partial charge in [-0.25, -0.2) is 14.8 Å². The molecule has 3 aromatic heterocycles. The Hall–Kier alpha value is -3.64. The topological polar surface area (TPSA) is 179 Å². The van der Waals surface area contributed by atoms with Gasteiger partial charge in [-0.3, -0.25) is 4.57 Å². The van der Waals surface area contributed by atoms with Gasteiger partial charge in [-0.15, -0.1) is 17.8 Å². The van der Waals surface area contributed by atoms with Gasteiger partial charge < -0.3 is 30.5 Å². The third-order valence-electron chi connectivity index (χ3n) is 6.65. The lowest BCUT2D eigenvalue weighted by molar-refractivity contribution is -0.179. The van der Waals surface area contributed by atoms with Gasteiger partial charge in [0.1, 0.15) is 17.7 Å². The molecule has 1 aromatic carbocycles. The van der Waals surface area contributed by atoms with Crippen LogP contribution >= 0.6 is 22.9 Å². The van der Waals surface area contributed by atoms with Crippen LogP contribution in [0.3, 0.4) is 0 Å². The Balaban J connectivity index is 1.49. The second kappa shape index (κ2) is 10.2. The number of nitrogens with two attached hydrogens (primary N) is 1. The number of carbonyl (C=O) groups is 1. The largest absolute Gasteiger partial charge is 0.479 e. The minimum Gasteiger partial charge on any atom is -0.479 e. The first-order valence-electron chi connectivity index (χ1n) is 11.6. The van der Waals surface area contributed by atoms with E-state index in [1.807, 2.05) is 25.1 Å². The van der Waals surface area contributed by atoms with Gasteiger partial charge in [0.25, 0.3) is 0 Å². The molecule has 0 radical (unpaired) electrons. The molecule has 12 nitrogen and oxygen atoms in total. The van der Waals surface area contributed by atoms with Gasteiger partial charge in [-0.2, -0.15) is 9.97 Å². The number of aliphatic hydroxyl groups is 2. The average molecular weight is 571 g/mol. The summed E-state index contributed by atoms with van der Waals surface area (Å²) >= 11 is 7.17. The van der Waals surface area contributed by atoms with Crippen molar-refractivity contribution in [1.82, 2.24) is 24.5 Å². The summed E-state index contributed by atoms with van der Waals surface area (Å²) in [4.78, 5) is 29.1. The molecule has 5 atom stereocenters. The predicted molar refractivity (Wildman–Crippen MR) is 141 cm³/mol. The molecule has 1 aliphatic heterocycles. The van der Waals surface area contributed by atoms with Crippen molar-refractivity contribution < 1.29 is 29.6 Å². The number of thiazole rings is 1. The standard InChI is InChI=1S/C25H23ClN6O6S/c1-3-24(36)16(38-21(18(24)33)32-11-28-17-19(27)30-23(26)31-20(17)32)9-37-25(22(34)35,15-10-39-12-29-15)8-14-6-4-5-13(2)7-14/h1,4-7,10-12,16,18,21,33,36H,8-9H2,2H3,(H,34,35)(H2,27,30,31)/t16-,18+,21-,24-,25?/m1/s1. The van der Waals surface area contributed by atoms with Crippen molar-refractivity contribution in [1.29, 1.82) is 0 Å². The molecule has 1 aliphatic rings. The number of fused-ring (bicyclic) bond motifs is 1. The Morgan fingerprint density at radius 2 is 2.21 bits per heavy atom. The summed E-state index contributed by atoms with van der Waals surface area (Å²) in [6.07, 6.45) is 2.54. The zero-order valence-electron chi connectivity index (χ0n) is 20.4. The third kappa shape index (κ3) is 4.61. The maximum atomic E-state index is 12.8. The molecule has 0 amide bonds. The highest BCUT2D eigenvalue weighted by molar-refractivity contribution is 7.07. The molecule has 14 heteroatoms. The summed E-state index contributed by atoms with van der Waals surface area (Å²) in [5, 5.41) is 34.2. The Bertz CT molecular complexity index is 1580. The molecule has 0 aliphatic carbocycles. The number of aliphatic hydroxyl groups excluding tert-OH is 1. The van der Waals surface area contributed by atoms with Crippen molar-refractivity contribution >= 4 is 45.9 Å². The lowest BCUT2D eigenvalue weighted by Gasteiger charge is -2.32. The number of ether oxygens (including phenoxy) is 2. The number of imidazole rings is 1. The van der Waals surface area contributed by atoms with Gasteiger partial charge in [0.2, 0.25) is 10.9 Å². The molecule has 0 saturated carbocycles. The first kappa shape index (κ1) is 26.9. The first-order chi connectivity index (χ1) is 18.6. The molecule has 0 bridgehead atoms. The predicted octanol–water partition coefficient (Wildman–Crippen LogP) is 1.69. The van der Waals surface area contributed by atoms with Crippen molar-refractivity contribution in [3.63, 3.8) is 0 Å². The van der Waals surface area contributed by atoms with Crippen LogP contribution in [0.1, 0.15) is 23.0 Å². The average Bonchev–Trinajstić information content (AvgIpc) is 3.62. The van der Waals surface area contributed by atoms with Crippen LogP contribution in [0, 0.1) is 19.3 Å². The van der Waals surface area contributed by atoms with E-state index in [9.17, 15) is 20.1 Å². The minimum absolute atomic E-state index is 0.00832. The molecular weight excluding hydrogens is 548 g/mol. The van der Waals surface area contributed by atoms with Crippen LogP contribution < -0.4 is 5.73 Å². The zero-order valence-corrected chi connectivity index (χ0v) is 22.0. The zero-order chi connectivity index (χ0) is 27.9. The van der Waals surface area contributed by atoms with Gasteiger partial charge >= 0.3 is 5.97 Å². The summed E-state index contributed by atoms with van der Waals surface area (Å²) in [7, 11) is 0. The molecule has 4 heterocycles. The monoisotopic (exact) mass is 570 g/mol. The van der Waals surface area contributed by atoms with Crippen LogP contribution in [-0.4, -0.2) is 70.2 Å². The molecule has 0 spiro atoms. The number of halogens is 1. The third-order valence-corrected chi connectivity index (χ3v) is 7.41. The molecule has 4 aromatic rings. The molecule has 5 N–H and O–H groups in total. The van der Waals surface area contributed by atoms with Crippen LogP contribution in [0.4, 0.5) is 5.82 Å². The number of aliphatic carboxylic acids is 1. The lowest BCUT2D eigenvalue weighted by Crippen LogP contribution is -2.50. The van der Waals surface area contributed by atoms with Gasteiger partial charge in [-0.1, -0.05) is 35.7 Å². The summed E-state index contributed by atoms with van der Waals surface area (Å²) in [6.45, 7) is 1.39. The Labute approximate surface area is 231 Å². The number of rotatable bonds is 8. The van der Waals surface area contributed by atoms with E-state index in [0.29, 0.717) is 5.56 Å². The van der Waals surface area contributed by atoms with Gasteiger partial charge in [0.15, 0.2) is 23.3 Å². The van der Waals surface area contributed by atoms with Gasteiger partial charge in [0, 0.05) is 11.8 Å². The van der Waals surface area contributed by atoms with Crippen molar-refractivity contribution in [2.45, 2.75) is 43.0 Å². The van der Waals surface area contributed by atoms with Gasteiger partial charge in [0.05, 0.1) is 24.1 Å². The molecule has 202 valence electrons. The fourth-order valence-corrected chi connectivity index (χ4v) is 5.40. The molecule has 39 heavy (non-hydrogen) atoms. The van der Waals surface area contributed by atoms with Crippen LogP contribution in [-0.2, 0) is 26.3 Å². The number of carboxylic acid groups (broad SMARTS) is 1. The van der Waals surface area contributed by atoms with Crippen molar-refractivity contribution in [2.24, 2.45) is 0 Å². The van der Waals surface area contributed by atoms with E-state index in [2.05, 4.69) is 25.9 Å². The fourth-order valence-electron chi connectivity index (χ4n) is 4.62. The Kier molecular flexibility index (Phi) is 7.02. The number of carboxylic acids is 1. The second-order valence-electron chi connectivity index (χ2n) is 9.11. The van der Waals surface area contributed by atoms with E-state index in [-0.39, 0.29) is 34.4 Å². The fraction of sp³-hybridized carbons (Fsp3) is 0.320. The highest BCUT2D eigenvalue weighted by atomic mass is 35.5. The summed E-state index contributed by atoms with van der Waals surface area (Å²) in [5.41, 5.74) is 5.32. The summed E-state index contributed by atoms with van der Waals surface area (Å²) < 4.78 is 13.3. The molecule has 1 unspecified atom stereocenters. The number of nitrogens with zero attached hydrogens (tertiary/aromatic N) is 5. The highest BCUT2D eigenvalue weighted by Crippen LogP contribution is 2.40. The van der Waals surface area contributed by atoms with Crippen molar-refractivity contribution in [2.75, 3.05) is 12.3 Å². The molecule has 5 rings (SSSR count). The first-order valence-corrected chi connectivity index (χ1v) is 12.9. The quantitative estimate of drug-likeness (QED) is 0.179. The Morgan fingerprint density at radius 3 is 2.87 bits per heavy atom. The summed E-state index contributed by atoms with van der Waals surface area (Å²) in [5.74, 6) is 0.896. The van der Waals surface area contributed by atoms with E-state index in [1.165, 1.54) is 27.7 Å². The maximum Gasteiger partial charge on any atom is 0.342 e. The lowest BCUT2D eigenvalue weighted by atomic mass is 9.90. The van der Waals surface area contributed by atoms with E-state index in [4.69, 9.17) is 33.2 Å². The second-order valence-corrected chi connectivity index (χ2v) is 10.2. The van der Waals surface area contributed by atoms with E-state index in [0.717, 1.165) is 5.56 Å². The SMILES string of the molecule is C#C[C@@]1(O)[C@@H](COC(Cc2cccc(C)c2)(C(=O)O)c2cscn2)O[C@@H](n2cnc3c(N)nc(Cl)nc32)[C@@H]1O. The van der Waals surface area contributed by atoms with E-state index < -0.39 is 42.2 Å². The number of hydrogen-bond donors (Lipinski definition) is 4. The maximum absolute atomic E-state index is 12.8. The van der Waals surface area contributed by atoms with Crippen molar-refractivity contribution in [3.05, 3.63) is 63.6 Å². The number of benzene rings is 1. The van der Waals surface area contributed by atoms with Crippen LogP contribution in [0.2, 0.25) is 5.28 Å². The van der Waals surface area contributed by atoms with Crippen LogP contribution in [0.25, 0.3) is 11.2 Å². The number of terminal acetylenes is 1. The smallest absolute Gasteiger partial charge is 0.342 e. The molecule has 1 fully saturated rings. The number of hydrogen-bond acceptors (Lipinski definition) is 11. The number of anilines is 1. The molecule has 1 saturated heterocycles. The van der Waals surface area contributed by atoms with E-state index >= 15 is 0 Å². The summed E-state index contributed by atoms with van der Waals surface area (Å²) in [6, 6.07) is 7.34. The molecular formula is C25H23ClN6O6S. The number of nitrogen functional groups attached to an aromatic ring is 1. The highest BCUT2D eigenvalue weighted by Gasteiger charge is 2.57. The number of aromatic nitrogens is 5. The normalized spacial score (nSPS) is 24.4. The number of aryl methyl sites for hydroxylation is 1. The van der Waals surface area contributed by atoms with Crippen molar-refractivity contribution in [3.8, 4) is 12.3 Å². The Morgan fingerprint density at radius 1 is 1.41 bits per heavy atom. The van der Waals surface area contributed by atoms with E-state index in [1.54, 1.807) is 11.4 Å². The van der Waals surface area contributed by atoms with Crippen LogP contribution in [0.15, 0.2) is 41.5 Å². The minimum atomic E-state index is -2.26. The van der Waals surface area contributed by atoms with Crippen LogP contribution in [0.5, 0.6) is 0 Å².